The van der Waals surface area contributed by atoms with Crippen LogP contribution in [0.3, 0.4) is 0 Å². The minimum absolute atomic E-state index is 0.00855. The Labute approximate surface area is 184 Å². The fourth-order valence-corrected chi connectivity index (χ4v) is 4.82. The molecule has 8 heteroatoms. The molecule has 5 nitrogen and oxygen atoms in total. The van der Waals surface area contributed by atoms with Gasteiger partial charge in [-0.2, -0.15) is 0 Å². The lowest BCUT2D eigenvalue weighted by Crippen LogP contribution is -2.33. The van der Waals surface area contributed by atoms with Crippen molar-refractivity contribution in [2.45, 2.75) is 17.7 Å². The summed E-state index contributed by atoms with van der Waals surface area (Å²) in [5, 5.41) is 0.563. The number of aromatic nitrogens is 1. The van der Waals surface area contributed by atoms with E-state index >= 15 is 0 Å². The van der Waals surface area contributed by atoms with Gasteiger partial charge >= 0.3 is 0 Å². The molecule has 2 aromatic carbocycles. The highest BCUT2D eigenvalue weighted by Crippen LogP contribution is 2.31. The summed E-state index contributed by atoms with van der Waals surface area (Å²) in [6.07, 6.45) is 1.21. The third-order valence-electron chi connectivity index (χ3n) is 4.52. The van der Waals surface area contributed by atoms with Gasteiger partial charge in [-0.3, -0.25) is 9.69 Å². The van der Waals surface area contributed by atoms with E-state index in [-0.39, 0.29) is 11.7 Å². The zero-order valence-electron chi connectivity index (χ0n) is 17.4. The van der Waals surface area contributed by atoms with Crippen molar-refractivity contribution in [3.63, 3.8) is 0 Å². The van der Waals surface area contributed by atoms with Crippen molar-refractivity contribution >= 4 is 44.4 Å². The summed E-state index contributed by atoms with van der Waals surface area (Å²) in [6.45, 7) is 1.43. The molecule has 0 aliphatic carbocycles. The lowest BCUT2D eigenvalue weighted by molar-refractivity contribution is -0.118. The number of nitrogens with zero attached hydrogens (tertiary/aromatic N) is 3. The minimum atomic E-state index is -0.356. The quantitative estimate of drug-likeness (QED) is 0.413. The molecule has 0 unspecified atom stereocenters. The molecule has 0 aliphatic rings. The van der Waals surface area contributed by atoms with E-state index in [2.05, 4.69) is 9.88 Å². The van der Waals surface area contributed by atoms with Gasteiger partial charge in [-0.1, -0.05) is 17.4 Å². The Bertz CT molecular complexity index is 976. The van der Waals surface area contributed by atoms with Crippen LogP contribution in [-0.2, 0) is 4.79 Å². The Morgan fingerprint density at radius 3 is 2.60 bits per heavy atom. The summed E-state index contributed by atoms with van der Waals surface area (Å²) in [6, 6.07) is 12.7. The van der Waals surface area contributed by atoms with E-state index in [0.717, 1.165) is 28.3 Å². The van der Waals surface area contributed by atoms with Crippen molar-refractivity contribution in [2.24, 2.45) is 0 Å². The van der Waals surface area contributed by atoms with Crippen molar-refractivity contribution in [2.75, 3.05) is 44.9 Å². The highest BCUT2D eigenvalue weighted by Gasteiger charge is 2.20. The lowest BCUT2D eigenvalue weighted by atomic mass is 10.3. The number of ether oxygens (including phenoxy) is 1. The first-order chi connectivity index (χ1) is 14.5. The van der Waals surface area contributed by atoms with Crippen LogP contribution in [0, 0.1) is 5.82 Å². The molecule has 0 saturated carbocycles. The second kappa shape index (κ2) is 10.7. The van der Waals surface area contributed by atoms with Crippen molar-refractivity contribution in [1.29, 1.82) is 0 Å². The first-order valence-corrected chi connectivity index (χ1v) is 11.5. The number of carbonyl (C=O) groups is 1. The second-order valence-corrected chi connectivity index (χ2v) is 9.24. The van der Waals surface area contributed by atoms with Crippen molar-refractivity contribution in [1.82, 2.24) is 9.88 Å². The molecule has 0 fully saturated rings. The first kappa shape index (κ1) is 22.5. The molecule has 0 N–H and O–H groups in total. The zero-order chi connectivity index (χ0) is 21.5. The number of amides is 1. The fourth-order valence-electron chi connectivity index (χ4n) is 2.95. The molecule has 160 valence electrons. The monoisotopic (exact) mass is 447 g/mol. The van der Waals surface area contributed by atoms with Gasteiger partial charge < -0.3 is 9.64 Å². The molecule has 1 amide bonds. The number of hydrogen-bond donors (Lipinski definition) is 0. The summed E-state index contributed by atoms with van der Waals surface area (Å²) in [5.41, 5.74) is 0.329. The highest BCUT2D eigenvalue weighted by molar-refractivity contribution is 7.99. The Morgan fingerprint density at radius 2 is 1.93 bits per heavy atom. The first-order valence-electron chi connectivity index (χ1n) is 9.75. The van der Waals surface area contributed by atoms with Crippen LogP contribution in [0.4, 0.5) is 9.52 Å². The zero-order valence-corrected chi connectivity index (χ0v) is 19.1. The van der Waals surface area contributed by atoms with Crippen LogP contribution < -0.4 is 9.64 Å². The molecule has 0 spiro atoms. The van der Waals surface area contributed by atoms with Gasteiger partial charge in [-0.15, -0.1) is 11.8 Å². The van der Waals surface area contributed by atoms with Gasteiger partial charge in [0.2, 0.25) is 5.91 Å². The lowest BCUT2D eigenvalue weighted by Gasteiger charge is -2.21. The standard InChI is InChI=1S/C22H26FN3O2S2/c1-25(2)13-5-14-26(22-24-21-18(23)6-4-7-19(21)30-22)20(27)12-15-29-17-10-8-16(28-3)9-11-17/h4,6-11H,5,12-15H2,1-3H3. The molecular formula is C22H26FN3O2S2. The van der Waals surface area contributed by atoms with Gasteiger partial charge in [0.05, 0.1) is 11.8 Å². The molecular weight excluding hydrogens is 421 g/mol. The maximum absolute atomic E-state index is 14.1. The van der Waals surface area contributed by atoms with Crippen LogP contribution in [0.25, 0.3) is 10.2 Å². The third-order valence-corrected chi connectivity index (χ3v) is 6.58. The molecule has 3 aromatic rings. The number of rotatable bonds is 10. The molecule has 0 atom stereocenters. The molecule has 0 bridgehead atoms. The average Bonchev–Trinajstić information content (AvgIpc) is 3.16. The predicted molar refractivity (Wildman–Crippen MR) is 123 cm³/mol. The van der Waals surface area contributed by atoms with Crippen LogP contribution >= 0.6 is 23.1 Å². The van der Waals surface area contributed by atoms with E-state index in [4.69, 9.17) is 4.74 Å². The largest absolute Gasteiger partial charge is 0.497 e. The SMILES string of the molecule is COc1ccc(SCCC(=O)N(CCCN(C)C)c2nc3c(F)cccc3s2)cc1. The van der Waals surface area contributed by atoms with Crippen molar-refractivity contribution in [3.8, 4) is 5.75 Å². The maximum Gasteiger partial charge on any atom is 0.229 e. The number of hydrogen-bond acceptors (Lipinski definition) is 6. The van der Waals surface area contributed by atoms with Crippen LogP contribution in [0.2, 0.25) is 0 Å². The number of thioether (sulfide) groups is 1. The van der Waals surface area contributed by atoms with Gasteiger partial charge in [0.15, 0.2) is 5.13 Å². The number of benzene rings is 2. The van der Waals surface area contributed by atoms with Crippen molar-refractivity contribution < 1.29 is 13.9 Å². The van der Waals surface area contributed by atoms with Gasteiger partial charge in [-0.05, 0) is 63.5 Å². The van der Waals surface area contributed by atoms with E-state index in [0.29, 0.717) is 29.4 Å². The van der Waals surface area contributed by atoms with E-state index in [1.165, 1.54) is 17.4 Å². The number of thiazole rings is 1. The minimum Gasteiger partial charge on any atom is -0.497 e. The Morgan fingerprint density at radius 1 is 1.17 bits per heavy atom. The molecule has 30 heavy (non-hydrogen) atoms. The van der Waals surface area contributed by atoms with E-state index in [1.54, 1.807) is 29.8 Å². The molecule has 3 rings (SSSR count). The molecule has 0 saturated heterocycles. The number of fused-ring (bicyclic) bond motifs is 1. The van der Waals surface area contributed by atoms with E-state index in [9.17, 15) is 9.18 Å². The molecule has 1 heterocycles. The smallest absolute Gasteiger partial charge is 0.229 e. The molecule has 0 radical (unpaired) electrons. The van der Waals surface area contributed by atoms with Gasteiger partial charge in [0.25, 0.3) is 0 Å². The van der Waals surface area contributed by atoms with Gasteiger partial charge in [0, 0.05) is 23.6 Å². The van der Waals surface area contributed by atoms with Crippen LogP contribution in [0.5, 0.6) is 5.75 Å². The maximum atomic E-state index is 14.1. The summed E-state index contributed by atoms with van der Waals surface area (Å²) in [7, 11) is 5.65. The molecule has 0 aliphatic heterocycles. The highest BCUT2D eigenvalue weighted by atomic mass is 32.2. The summed E-state index contributed by atoms with van der Waals surface area (Å²) < 4.78 is 20.0. The Hall–Kier alpha value is -2.16. The van der Waals surface area contributed by atoms with E-state index in [1.807, 2.05) is 44.4 Å². The Kier molecular flexibility index (Phi) is 8.07. The number of carbonyl (C=O) groups excluding carboxylic acids is 1. The normalized spacial score (nSPS) is 11.2. The van der Waals surface area contributed by atoms with Gasteiger partial charge in [-0.25, -0.2) is 9.37 Å². The van der Waals surface area contributed by atoms with Crippen LogP contribution in [0.1, 0.15) is 12.8 Å². The van der Waals surface area contributed by atoms with E-state index < -0.39 is 0 Å². The Balaban J connectivity index is 1.68. The summed E-state index contributed by atoms with van der Waals surface area (Å²) in [5.74, 6) is 1.12. The number of anilines is 1. The summed E-state index contributed by atoms with van der Waals surface area (Å²) in [4.78, 5) is 22.3. The van der Waals surface area contributed by atoms with Crippen LogP contribution in [0.15, 0.2) is 47.4 Å². The van der Waals surface area contributed by atoms with Gasteiger partial charge in [0.1, 0.15) is 17.1 Å². The number of halogens is 1. The summed E-state index contributed by atoms with van der Waals surface area (Å²) >= 11 is 2.99. The van der Waals surface area contributed by atoms with Crippen molar-refractivity contribution in [3.05, 3.63) is 48.3 Å². The number of methoxy groups -OCH3 is 1. The third kappa shape index (κ3) is 5.93. The van der Waals surface area contributed by atoms with Crippen LogP contribution in [-0.4, -0.2) is 55.8 Å². The number of para-hydroxylation sites is 1. The fraction of sp³-hybridized carbons (Fsp3) is 0.364. The molecule has 1 aromatic heterocycles. The second-order valence-electron chi connectivity index (χ2n) is 7.06. The topological polar surface area (TPSA) is 45.7 Å². The predicted octanol–water partition coefficient (Wildman–Crippen LogP) is 4.91. The average molecular weight is 448 g/mol.